The number of sulfonamides is 1. The number of benzene rings is 2. The van der Waals surface area contributed by atoms with E-state index in [1.807, 2.05) is 0 Å². The SMILES string of the molecule is CC(NCC(=O)Nc1cccc(S(N)(=O)=O)c1)c1cccc(C(F)(F)F)c1. The molecule has 4 N–H and O–H groups in total. The van der Waals surface area contributed by atoms with E-state index in [0.717, 1.165) is 12.1 Å². The van der Waals surface area contributed by atoms with Gasteiger partial charge in [0, 0.05) is 11.7 Å². The number of halogens is 3. The highest BCUT2D eigenvalue weighted by Crippen LogP contribution is 2.30. The number of primary sulfonamides is 1. The lowest BCUT2D eigenvalue weighted by molar-refractivity contribution is -0.137. The largest absolute Gasteiger partial charge is 0.416 e. The predicted octanol–water partition coefficient (Wildman–Crippen LogP) is 2.64. The smallest absolute Gasteiger partial charge is 0.325 e. The van der Waals surface area contributed by atoms with Crippen molar-refractivity contribution in [2.75, 3.05) is 11.9 Å². The lowest BCUT2D eigenvalue weighted by Crippen LogP contribution is -2.30. The van der Waals surface area contributed by atoms with E-state index in [-0.39, 0.29) is 17.1 Å². The van der Waals surface area contributed by atoms with Gasteiger partial charge in [-0.25, -0.2) is 13.6 Å². The fourth-order valence-corrected chi connectivity index (χ4v) is 2.86. The number of nitrogens with two attached hydrogens (primary N) is 1. The van der Waals surface area contributed by atoms with Gasteiger partial charge in [0.25, 0.3) is 0 Å². The molecule has 1 unspecified atom stereocenters. The Hall–Kier alpha value is -2.43. The molecule has 0 fully saturated rings. The van der Waals surface area contributed by atoms with Crippen LogP contribution in [-0.4, -0.2) is 20.9 Å². The molecule has 6 nitrogen and oxygen atoms in total. The summed E-state index contributed by atoms with van der Waals surface area (Å²) in [5.41, 5.74) is -0.146. The standard InChI is InChI=1S/C17H18F3N3O3S/c1-11(12-4-2-5-13(8-12)17(18,19)20)22-10-16(24)23-14-6-3-7-15(9-14)27(21,25)26/h2-9,11,22H,10H2,1H3,(H,23,24)(H2,21,25,26). The minimum absolute atomic E-state index is 0.148. The van der Waals surface area contributed by atoms with Crippen molar-refractivity contribution in [2.45, 2.75) is 24.0 Å². The summed E-state index contributed by atoms with van der Waals surface area (Å²) < 4.78 is 60.9. The maximum absolute atomic E-state index is 12.8. The van der Waals surface area contributed by atoms with Gasteiger partial charge >= 0.3 is 6.18 Å². The zero-order chi connectivity index (χ0) is 20.2. The third kappa shape index (κ3) is 6.05. The van der Waals surface area contributed by atoms with E-state index < -0.39 is 33.7 Å². The summed E-state index contributed by atoms with van der Waals surface area (Å²) in [5.74, 6) is -0.486. The van der Waals surface area contributed by atoms with Gasteiger partial charge in [-0.3, -0.25) is 4.79 Å². The van der Waals surface area contributed by atoms with E-state index in [4.69, 9.17) is 5.14 Å². The molecule has 0 spiro atoms. The third-order valence-electron chi connectivity index (χ3n) is 3.73. The molecule has 0 aliphatic rings. The molecular weight excluding hydrogens is 383 g/mol. The van der Waals surface area contributed by atoms with Gasteiger partial charge in [0.15, 0.2) is 0 Å². The van der Waals surface area contributed by atoms with E-state index in [2.05, 4.69) is 10.6 Å². The second kappa shape index (κ2) is 8.07. The Morgan fingerprint density at radius 2 is 1.81 bits per heavy atom. The molecule has 0 aliphatic heterocycles. The molecule has 2 aromatic rings. The highest BCUT2D eigenvalue weighted by atomic mass is 32.2. The first-order chi connectivity index (χ1) is 12.5. The Balaban J connectivity index is 1.98. The van der Waals surface area contributed by atoms with E-state index in [1.165, 1.54) is 36.4 Å². The average molecular weight is 401 g/mol. The summed E-state index contributed by atoms with van der Waals surface area (Å²) in [6.45, 7) is 1.45. The first-order valence-electron chi connectivity index (χ1n) is 7.80. The minimum atomic E-state index is -4.44. The monoisotopic (exact) mass is 401 g/mol. The van der Waals surface area contributed by atoms with Gasteiger partial charge in [0.05, 0.1) is 17.0 Å². The number of hydrogen-bond acceptors (Lipinski definition) is 4. The molecule has 0 bridgehead atoms. The van der Waals surface area contributed by atoms with Crippen LogP contribution in [0.3, 0.4) is 0 Å². The van der Waals surface area contributed by atoms with Crippen molar-refractivity contribution in [2.24, 2.45) is 5.14 Å². The molecule has 1 amide bonds. The fraction of sp³-hybridized carbons (Fsp3) is 0.235. The first kappa shape index (κ1) is 20.9. The van der Waals surface area contributed by atoms with Crippen LogP contribution in [0.4, 0.5) is 18.9 Å². The number of anilines is 1. The van der Waals surface area contributed by atoms with Crippen LogP contribution >= 0.6 is 0 Å². The van der Waals surface area contributed by atoms with Crippen molar-refractivity contribution in [1.82, 2.24) is 5.32 Å². The molecule has 1 atom stereocenters. The Morgan fingerprint density at radius 1 is 1.15 bits per heavy atom. The Morgan fingerprint density at radius 3 is 2.44 bits per heavy atom. The van der Waals surface area contributed by atoms with Crippen molar-refractivity contribution in [3.8, 4) is 0 Å². The summed E-state index contributed by atoms with van der Waals surface area (Å²) in [6, 6.07) is 9.73. The molecule has 0 heterocycles. The number of amides is 1. The van der Waals surface area contributed by atoms with E-state index in [0.29, 0.717) is 5.56 Å². The average Bonchev–Trinajstić information content (AvgIpc) is 2.58. The van der Waals surface area contributed by atoms with Gasteiger partial charge in [0.1, 0.15) is 0 Å². The first-order valence-corrected chi connectivity index (χ1v) is 9.35. The number of rotatable bonds is 6. The topological polar surface area (TPSA) is 101 Å². The molecule has 0 radical (unpaired) electrons. The van der Waals surface area contributed by atoms with Crippen LogP contribution in [0, 0.1) is 0 Å². The summed E-state index contributed by atoms with van der Waals surface area (Å²) >= 11 is 0. The number of hydrogen-bond donors (Lipinski definition) is 3. The van der Waals surface area contributed by atoms with Crippen LogP contribution < -0.4 is 15.8 Å². The molecule has 0 saturated heterocycles. The lowest BCUT2D eigenvalue weighted by Gasteiger charge is -2.16. The lowest BCUT2D eigenvalue weighted by atomic mass is 10.0. The van der Waals surface area contributed by atoms with Crippen LogP contribution in [0.15, 0.2) is 53.4 Å². The van der Waals surface area contributed by atoms with Gasteiger partial charge in [-0.05, 0) is 42.8 Å². The fourth-order valence-electron chi connectivity index (χ4n) is 2.30. The van der Waals surface area contributed by atoms with Crippen molar-refractivity contribution in [3.05, 3.63) is 59.7 Å². The molecule has 0 aliphatic carbocycles. The Bertz CT molecular complexity index is 930. The minimum Gasteiger partial charge on any atom is -0.325 e. The molecule has 2 rings (SSSR count). The molecule has 10 heteroatoms. The number of carbonyl (C=O) groups is 1. The molecule has 0 saturated carbocycles. The number of alkyl halides is 3. The highest BCUT2D eigenvalue weighted by molar-refractivity contribution is 7.89. The number of carbonyl (C=O) groups excluding carboxylic acids is 1. The van der Waals surface area contributed by atoms with Crippen molar-refractivity contribution in [3.63, 3.8) is 0 Å². The van der Waals surface area contributed by atoms with Gasteiger partial charge in [-0.1, -0.05) is 18.2 Å². The number of nitrogens with one attached hydrogen (secondary N) is 2. The quantitative estimate of drug-likeness (QED) is 0.693. The maximum atomic E-state index is 12.8. The van der Waals surface area contributed by atoms with Gasteiger partial charge in [-0.2, -0.15) is 13.2 Å². The molecule has 0 aromatic heterocycles. The second-order valence-electron chi connectivity index (χ2n) is 5.85. The van der Waals surface area contributed by atoms with Crippen LogP contribution in [0.2, 0.25) is 0 Å². The molecule has 27 heavy (non-hydrogen) atoms. The second-order valence-corrected chi connectivity index (χ2v) is 7.41. The van der Waals surface area contributed by atoms with E-state index in [1.54, 1.807) is 6.92 Å². The highest BCUT2D eigenvalue weighted by Gasteiger charge is 2.30. The van der Waals surface area contributed by atoms with Gasteiger partial charge in [-0.15, -0.1) is 0 Å². The zero-order valence-corrected chi connectivity index (χ0v) is 15.1. The molecule has 2 aromatic carbocycles. The molecular formula is C17H18F3N3O3S. The van der Waals surface area contributed by atoms with Crippen molar-refractivity contribution < 1.29 is 26.4 Å². The van der Waals surface area contributed by atoms with Crippen molar-refractivity contribution >= 4 is 21.6 Å². The summed E-state index contributed by atoms with van der Waals surface area (Å²) in [4.78, 5) is 11.9. The van der Waals surface area contributed by atoms with Crippen molar-refractivity contribution in [1.29, 1.82) is 0 Å². The normalized spacial score (nSPS) is 13.2. The third-order valence-corrected chi connectivity index (χ3v) is 4.64. The van der Waals surface area contributed by atoms with E-state index in [9.17, 15) is 26.4 Å². The van der Waals surface area contributed by atoms with Gasteiger partial charge in [0.2, 0.25) is 15.9 Å². The summed E-state index contributed by atoms with van der Waals surface area (Å²) in [6.07, 6.45) is -4.44. The predicted molar refractivity (Wildman–Crippen MR) is 94.3 cm³/mol. The van der Waals surface area contributed by atoms with Crippen LogP contribution in [0.1, 0.15) is 24.1 Å². The van der Waals surface area contributed by atoms with E-state index >= 15 is 0 Å². The zero-order valence-electron chi connectivity index (χ0n) is 14.2. The van der Waals surface area contributed by atoms with Crippen LogP contribution in [0.25, 0.3) is 0 Å². The Labute approximate surface area is 154 Å². The van der Waals surface area contributed by atoms with Crippen LogP contribution in [0.5, 0.6) is 0 Å². The summed E-state index contributed by atoms with van der Waals surface area (Å²) in [7, 11) is -3.90. The Kier molecular flexibility index (Phi) is 6.24. The van der Waals surface area contributed by atoms with Gasteiger partial charge < -0.3 is 10.6 Å². The summed E-state index contributed by atoms with van der Waals surface area (Å²) in [5, 5.41) is 10.3. The maximum Gasteiger partial charge on any atom is 0.416 e. The molecule has 146 valence electrons. The van der Waals surface area contributed by atoms with Crippen LogP contribution in [-0.2, 0) is 21.0 Å².